The van der Waals surface area contributed by atoms with Gasteiger partial charge in [0.1, 0.15) is 16.2 Å². The second-order valence-electron chi connectivity index (χ2n) is 5.61. The molecule has 4 heteroatoms. The Morgan fingerprint density at radius 3 is 2.11 bits per heavy atom. The predicted octanol–water partition coefficient (Wildman–Crippen LogP) is 4.16. The zero-order valence-corrected chi connectivity index (χ0v) is 13.7. The Bertz CT molecular complexity index is 379. The van der Waals surface area contributed by atoms with Crippen LogP contribution in [0.2, 0.25) is 0 Å². The summed E-state index contributed by atoms with van der Waals surface area (Å²) in [7, 11) is 0. The highest BCUT2D eigenvalue weighted by Crippen LogP contribution is 2.24. The molecule has 0 atom stereocenters. The van der Waals surface area contributed by atoms with E-state index in [9.17, 15) is 0 Å². The van der Waals surface area contributed by atoms with E-state index in [4.69, 9.17) is 4.98 Å². The maximum absolute atomic E-state index is 4.73. The van der Waals surface area contributed by atoms with E-state index in [1.807, 2.05) is 6.07 Å². The molecule has 3 nitrogen and oxygen atoms in total. The molecular formula is C14H24BrN3. The van der Waals surface area contributed by atoms with E-state index in [0.29, 0.717) is 0 Å². The Morgan fingerprint density at radius 2 is 1.67 bits per heavy atom. The van der Waals surface area contributed by atoms with Crippen LogP contribution in [0.25, 0.3) is 0 Å². The molecule has 0 aromatic carbocycles. The van der Waals surface area contributed by atoms with Gasteiger partial charge < -0.3 is 4.90 Å². The van der Waals surface area contributed by atoms with E-state index >= 15 is 0 Å². The molecule has 0 radical (unpaired) electrons. The van der Waals surface area contributed by atoms with Gasteiger partial charge in [0.05, 0.1) is 0 Å². The lowest BCUT2D eigenvalue weighted by Crippen LogP contribution is -2.27. The minimum Gasteiger partial charge on any atom is -0.356 e. The summed E-state index contributed by atoms with van der Waals surface area (Å²) in [5.74, 6) is 1.93. The summed E-state index contributed by atoms with van der Waals surface area (Å²) >= 11 is 3.50. The molecular weight excluding hydrogens is 290 g/mol. The van der Waals surface area contributed by atoms with Crippen LogP contribution in [0.5, 0.6) is 0 Å². The van der Waals surface area contributed by atoms with Gasteiger partial charge in [-0.1, -0.05) is 34.6 Å². The molecule has 18 heavy (non-hydrogen) atoms. The van der Waals surface area contributed by atoms with Crippen LogP contribution in [0.1, 0.15) is 53.3 Å². The van der Waals surface area contributed by atoms with E-state index in [-0.39, 0.29) is 5.41 Å². The van der Waals surface area contributed by atoms with Gasteiger partial charge in [-0.3, -0.25) is 0 Å². The van der Waals surface area contributed by atoms with Gasteiger partial charge in [0.2, 0.25) is 0 Å². The SMILES string of the molecule is CCCN(CCC)c1cc(Br)nc(C(C)(C)C)n1. The monoisotopic (exact) mass is 313 g/mol. The van der Waals surface area contributed by atoms with Gasteiger partial charge in [0, 0.05) is 24.6 Å². The lowest BCUT2D eigenvalue weighted by Gasteiger charge is -2.25. The first kappa shape index (κ1) is 15.4. The second-order valence-corrected chi connectivity index (χ2v) is 6.42. The average molecular weight is 314 g/mol. The van der Waals surface area contributed by atoms with Crippen molar-refractivity contribution in [3.8, 4) is 0 Å². The van der Waals surface area contributed by atoms with Gasteiger partial charge in [0.15, 0.2) is 0 Å². The molecule has 1 aromatic heterocycles. The molecule has 0 bridgehead atoms. The Labute approximate surface area is 119 Å². The first-order valence-electron chi connectivity index (χ1n) is 6.68. The normalized spacial score (nSPS) is 11.7. The fourth-order valence-electron chi connectivity index (χ4n) is 1.78. The van der Waals surface area contributed by atoms with Crippen molar-refractivity contribution in [3.05, 3.63) is 16.5 Å². The van der Waals surface area contributed by atoms with Gasteiger partial charge in [-0.05, 0) is 28.8 Å². The van der Waals surface area contributed by atoms with Gasteiger partial charge in [0.25, 0.3) is 0 Å². The first-order valence-corrected chi connectivity index (χ1v) is 7.47. The van der Waals surface area contributed by atoms with Gasteiger partial charge in [-0.25, -0.2) is 9.97 Å². The third kappa shape index (κ3) is 4.23. The molecule has 1 heterocycles. The maximum Gasteiger partial charge on any atom is 0.137 e. The van der Waals surface area contributed by atoms with Crippen LogP contribution in [0.15, 0.2) is 10.7 Å². The Morgan fingerprint density at radius 1 is 1.11 bits per heavy atom. The van der Waals surface area contributed by atoms with Gasteiger partial charge >= 0.3 is 0 Å². The van der Waals surface area contributed by atoms with Crippen LogP contribution in [0.3, 0.4) is 0 Å². The Kier molecular flexibility index (Phi) is 5.57. The van der Waals surface area contributed by atoms with Gasteiger partial charge in [-0.15, -0.1) is 0 Å². The van der Waals surface area contributed by atoms with Crippen LogP contribution in [-0.4, -0.2) is 23.1 Å². The van der Waals surface area contributed by atoms with Crippen molar-refractivity contribution in [1.82, 2.24) is 9.97 Å². The summed E-state index contributed by atoms with van der Waals surface area (Å²) in [6.45, 7) is 12.9. The molecule has 102 valence electrons. The molecule has 1 rings (SSSR count). The zero-order valence-electron chi connectivity index (χ0n) is 12.1. The summed E-state index contributed by atoms with van der Waals surface area (Å²) in [6.07, 6.45) is 2.26. The van der Waals surface area contributed by atoms with Crippen LogP contribution in [0.4, 0.5) is 5.82 Å². The lowest BCUT2D eigenvalue weighted by molar-refractivity contribution is 0.541. The van der Waals surface area contributed by atoms with E-state index in [2.05, 4.69) is 60.4 Å². The zero-order chi connectivity index (χ0) is 13.8. The number of halogens is 1. The standard InChI is InChI=1S/C14H24BrN3/c1-6-8-18(9-7-2)12-10-11(15)16-13(17-12)14(3,4)5/h10H,6-9H2,1-5H3. The number of anilines is 1. The minimum atomic E-state index is -0.0252. The molecule has 0 aliphatic rings. The van der Waals surface area contributed by atoms with Crippen LogP contribution < -0.4 is 4.90 Å². The molecule has 0 N–H and O–H groups in total. The number of rotatable bonds is 5. The van der Waals surface area contributed by atoms with Crippen molar-refractivity contribution in [3.63, 3.8) is 0 Å². The highest BCUT2D eigenvalue weighted by molar-refractivity contribution is 9.10. The smallest absolute Gasteiger partial charge is 0.137 e. The molecule has 0 saturated heterocycles. The van der Waals surface area contributed by atoms with Crippen LogP contribution >= 0.6 is 15.9 Å². The van der Waals surface area contributed by atoms with E-state index in [1.54, 1.807) is 0 Å². The molecule has 0 saturated carbocycles. The largest absolute Gasteiger partial charge is 0.356 e. The first-order chi connectivity index (χ1) is 8.38. The molecule has 0 unspecified atom stereocenters. The predicted molar refractivity (Wildman–Crippen MR) is 81.2 cm³/mol. The number of hydrogen-bond acceptors (Lipinski definition) is 3. The third-order valence-electron chi connectivity index (χ3n) is 2.66. The molecule has 0 aliphatic heterocycles. The molecule has 0 aliphatic carbocycles. The van der Waals surface area contributed by atoms with Crippen molar-refractivity contribution in [2.45, 2.75) is 52.9 Å². The topological polar surface area (TPSA) is 29.0 Å². The number of nitrogens with zero attached hydrogens (tertiary/aromatic N) is 3. The van der Waals surface area contributed by atoms with E-state index in [1.165, 1.54) is 0 Å². The summed E-state index contributed by atoms with van der Waals surface area (Å²) in [6, 6.07) is 2.01. The maximum atomic E-state index is 4.73. The quantitative estimate of drug-likeness (QED) is 0.764. The summed E-state index contributed by atoms with van der Waals surface area (Å²) < 4.78 is 0.870. The van der Waals surface area contributed by atoms with Crippen molar-refractivity contribution in [1.29, 1.82) is 0 Å². The fourth-order valence-corrected chi connectivity index (χ4v) is 2.16. The summed E-state index contributed by atoms with van der Waals surface area (Å²) in [5, 5.41) is 0. The van der Waals surface area contributed by atoms with Crippen LogP contribution in [-0.2, 0) is 5.41 Å². The van der Waals surface area contributed by atoms with Crippen LogP contribution in [0, 0.1) is 0 Å². The van der Waals surface area contributed by atoms with Gasteiger partial charge in [-0.2, -0.15) is 0 Å². The Balaban J connectivity index is 3.10. The van der Waals surface area contributed by atoms with E-state index < -0.39 is 0 Å². The van der Waals surface area contributed by atoms with Crippen molar-refractivity contribution in [2.75, 3.05) is 18.0 Å². The number of aromatic nitrogens is 2. The third-order valence-corrected chi connectivity index (χ3v) is 3.07. The van der Waals surface area contributed by atoms with Crippen molar-refractivity contribution in [2.24, 2.45) is 0 Å². The fraction of sp³-hybridized carbons (Fsp3) is 0.714. The molecule has 0 spiro atoms. The average Bonchev–Trinajstić information content (AvgIpc) is 2.27. The van der Waals surface area contributed by atoms with Crippen molar-refractivity contribution < 1.29 is 0 Å². The lowest BCUT2D eigenvalue weighted by atomic mass is 9.96. The summed E-state index contributed by atoms with van der Waals surface area (Å²) in [5.41, 5.74) is -0.0252. The number of hydrogen-bond donors (Lipinski definition) is 0. The highest BCUT2D eigenvalue weighted by atomic mass is 79.9. The minimum absolute atomic E-state index is 0.0252. The second kappa shape index (κ2) is 6.50. The Hall–Kier alpha value is -0.640. The van der Waals surface area contributed by atoms with Crippen molar-refractivity contribution >= 4 is 21.7 Å². The highest BCUT2D eigenvalue weighted by Gasteiger charge is 2.20. The molecule has 1 aromatic rings. The summed E-state index contributed by atoms with van der Waals surface area (Å²) in [4.78, 5) is 11.5. The molecule has 0 fully saturated rings. The molecule has 0 amide bonds. The van der Waals surface area contributed by atoms with E-state index in [0.717, 1.165) is 42.2 Å².